The van der Waals surface area contributed by atoms with Crippen LogP contribution < -0.4 is 16.0 Å². The minimum absolute atomic E-state index is 0.244. The fraction of sp³-hybridized carbons (Fsp3) is 0.286. The van der Waals surface area contributed by atoms with Crippen LogP contribution in [0.2, 0.25) is 0 Å². The monoisotopic (exact) mass is 491 g/mol. The lowest BCUT2D eigenvalue weighted by Gasteiger charge is -2.37. The Hall–Kier alpha value is -3.94. The number of carbonyl (C=O) groups excluding carboxylic acids is 1. The maximum Gasteiger partial charge on any atom is 0.323 e. The number of piperidine rings is 1. The van der Waals surface area contributed by atoms with Crippen molar-refractivity contribution in [1.82, 2.24) is 10.2 Å². The topological polar surface area (TPSA) is 68.8 Å². The molecule has 6 nitrogen and oxygen atoms in total. The molecule has 36 heavy (non-hydrogen) atoms. The Morgan fingerprint density at radius 2 is 1.94 bits per heavy atom. The second-order valence-corrected chi connectivity index (χ2v) is 8.86. The number of halogens is 2. The molecule has 0 saturated carbocycles. The van der Waals surface area contributed by atoms with Crippen molar-refractivity contribution in [2.75, 3.05) is 30.8 Å². The van der Waals surface area contributed by atoms with Gasteiger partial charge in [-0.15, -0.1) is 0 Å². The Bertz CT molecular complexity index is 1230. The molecule has 2 aromatic carbocycles. The molecule has 1 fully saturated rings. The van der Waals surface area contributed by atoms with Gasteiger partial charge in [0.15, 0.2) is 0 Å². The number of allylic oxidation sites excluding steroid dienone is 1. The highest BCUT2D eigenvalue weighted by molar-refractivity contribution is 6.05. The van der Waals surface area contributed by atoms with Crippen LogP contribution >= 0.6 is 0 Å². The number of aliphatic imine (C=N–C) groups is 1. The van der Waals surface area contributed by atoms with Crippen molar-refractivity contribution < 1.29 is 13.6 Å². The molecule has 8 heteroatoms. The van der Waals surface area contributed by atoms with Crippen LogP contribution in [0, 0.1) is 11.6 Å². The Balaban J connectivity index is 1.51. The highest BCUT2D eigenvalue weighted by atomic mass is 19.1. The van der Waals surface area contributed by atoms with E-state index in [9.17, 15) is 13.6 Å². The van der Waals surface area contributed by atoms with Crippen LogP contribution in [-0.4, -0.2) is 36.9 Å². The number of carbonyl (C=O) groups is 1. The van der Waals surface area contributed by atoms with Gasteiger partial charge in [-0.25, -0.2) is 13.6 Å². The summed E-state index contributed by atoms with van der Waals surface area (Å²) in [6.07, 6.45) is 6.80. The van der Waals surface area contributed by atoms with Crippen LogP contribution in [-0.2, 0) is 0 Å². The molecule has 2 heterocycles. The van der Waals surface area contributed by atoms with E-state index in [1.807, 2.05) is 30.5 Å². The maximum absolute atomic E-state index is 13.9. The lowest BCUT2D eigenvalue weighted by atomic mass is 9.89. The van der Waals surface area contributed by atoms with E-state index in [2.05, 4.69) is 39.3 Å². The Morgan fingerprint density at radius 1 is 1.19 bits per heavy atom. The van der Waals surface area contributed by atoms with Crippen molar-refractivity contribution in [2.45, 2.75) is 32.1 Å². The van der Waals surface area contributed by atoms with Gasteiger partial charge in [0.25, 0.3) is 0 Å². The van der Waals surface area contributed by atoms with Crippen molar-refractivity contribution in [1.29, 1.82) is 0 Å². The number of benzene rings is 2. The molecule has 2 aliphatic rings. The molecule has 0 radical (unpaired) electrons. The molecule has 4 rings (SSSR count). The standard InChI is InChI=1S/C28H31F2N5O/c1-4-18(2)26(22-13-14-32-27(22)31-3)35-15-7-9-20(17-35)19-8-5-10-21(16-19)33-28(36)34-25-23(29)11-6-12-24(25)30/h5-6,8,10-14,16,20H,2,4,7,9,15,17H2,1,3H3,(H,31,32)(H2,33,34,36)/b26-22+. The smallest absolute Gasteiger partial charge is 0.323 e. The van der Waals surface area contributed by atoms with Crippen LogP contribution in [0.1, 0.15) is 37.7 Å². The zero-order valence-electron chi connectivity index (χ0n) is 20.6. The van der Waals surface area contributed by atoms with Crippen LogP contribution in [0.3, 0.4) is 0 Å². The van der Waals surface area contributed by atoms with E-state index in [1.165, 1.54) is 6.07 Å². The summed E-state index contributed by atoms with van der Waals surface area (Å²) in [5, 5.41) is 8.15. The first-order valence-corrected chi connectivity index (χ1v) is 12.1. The van der Waals surface area contributed by atoms with E-state index >= 15 is 0 Å². The van der Waals surface area contributed by atoms with E-state index in [0.717, 1.165) is 72.7 Å². The first kappa shape index (κ1) is 25.2. The molecule has 2 amide bonds. The lowest BCUT2D eigenvalue weighted by molar-refractivity contribution is 0.261. The number of amidine groups is 1. The fourth-order valence-electron chi connectivity index (χ4n) is 4.70. The molecule has 0 spiro atoms. The zero-order valence-corrected chi connectivity index (χ0v) is 20.6. The largest absolute Gasteiger partial charge is 0.370 e. The fourth-order valence-corrected chi connectivity index (χ4v) is 4.70. The summed E-state index contributed by atoms with van der Waals surface area (Å²) < 4.78 is 27.8. The number of amides is 2. The summed E-state index contributed by atoms with van der Waals surface area (Å²) in [7, 11) is 1.77. The third kappa shape index (κ3) is 5.48. The predicted molar refractivity (Wildman–Crippen MR) is 141 cm³/mol. The Labute approximate surface area is 210 Å². The van der Waals surface area contributed by atoms with E-state index < -0.39 is 23.4 Å². The predicted octanol–water partition coefficient (Wildman–Crippen LogP) is 6.15. The molecule has 0 aromatic heterocycles. The molecule has 1 unspecified atom stereocenters. The van der Waals surface area contributed by atoms with Crippen LogP contribution in [0.25, 0.3) is 0 Å². The minimum Gasteiger partial charge on any atom is -0.370 e. The highest BCUT2D eigenvalue weighted by Crippen LogP contribution is 2.34. The number of nitrogens with zero attached hydrogens (tertiary/aromatic N) is 2. The van der Waals surface area contributed by atoms with Crippen molar-refractivity contribution in [3.05, 3.63) is 95.4 Å². The molecule has 2 aromatic rings. The summed E-state index contributed by atoms with van der Waals surface area (Å²) in [6.45, 7) is 8.16. The summed E-state index contributed by atoms with van der Waals surface area (Å²) >= 11 is 0. The van der Waals surface area contributed by atoms with Gasteiger partial charge in [0.05, 0.1) is 5.70 Å². The second-order valence-electron chi connectivity index (χ2n) is 8.86. The van der Waals surface area contributed by atoms with Crippen molar-refractivity contribution >= 4 is 23.2 Å². The van der Waals surface area contributed by atoms with E-state index in [-0.39, 0.29) is 5.92 Å². The zero-order chi connectivity index (χ0) is 25.7. The lowest BCUT2D eigenvalue weighted by Crippen LogP contribution is -2.36. The van der Waals surface area contributed by atoms with Crippen molar-refractivity contribution in [2.24, 2.45) is 4.99 Å². The summed E-state index contributed by atoms with van der Waals surface area (Å²) in [6, 6.07) is 10.3. The Kier molecular flexibility index (Phi) is 7.83. The molecule has 2 aliphatic heterocycles. The average molecular weight is 492 g/mol. The maximum atomic E-state index is 13.9. The SMILES string of the molecule is C=C(CC)/C(=C1/C=CNC1=NC)N1CCCC(c2cccc(NC(=O)Nc3c(F)cccc3F)c2)C1. The normalized spacial score (nSPS) is 19.7. The van der Waals surface area contributed by atoms with Gasteiger partial charge in [0, 0.05) is 43.5 Å². The van der Waals surface area contributed by atoms with Gasteiger partial charge >= 0.3 is 6.03 Å². The van der Waals surface area contributed by atoms with Crippen LogP contribution in [0.4, 0.5) is 25.0 Å². The van der Waals surface area contributed by atoms with E-state index in [0.29, 0.717) is 5.69 Å². The molecule has 3 N–H and O–H groups in total. The molecule has 0 bridgehead atoms. The quantitative estimate of drug-likeness (QED) is 0.454. The molecule has 1 saturated heterocycles. The second kappa shape index (κ2) is 11.2. The van der Waals surface area contributed by atoms with Gasteiger partial charge in [0.2, 0.25) is 0 Å². The third-order valence-electron chi connectivity index (χ3n) is 6.52. The Morgan fingerprint density at radius 3 is 2.67 bits per heavy atom. The molecular formula is C28H31F2N5O. The number of likely N-dealkylation sites (tertiary alicyclic amines) is 1. The van der Waals surface area contributed by atoms with E-state index in [1.54, 1.807) is 13.1 Å². The number of anilines is 2. The first-order chi connectivity index (χ1) is 17.4. The van der Waals surface area contributed by atoms with E-state index in [4.69, 9.17) is 0 Å². The number of rotatable bonds is 6. The number of urea groups is 1. The summed E-state index contributed by atoms with van der Waals surface area (Å²) in [4.78, 5) is 19.2. The first-order valence-electron chi connectivity index (χ1n) is 12.1. The third-order valence-corrected chi connectivity index (χ3v) is 6.52. The number of hydrogen-bond acceptors (Lipinski definition) is 3. The highest BCUT2D eigenvalue weighted by Gasteiger charge is 2.27. The number of hydrogen-bond donors (Lipinski definition) is 3. The van der Waals surface area contributed by atoms with Gasteiger partial charge < -0.3 is 20.9 Å². The molecule has 1 atom stereocenters. The summed E-state index contributed by atoms with van der Waals surface area (Å²) in [5.74, 6) is -0.579. The minimum atomic E-state index is -0.830. The molecule has 188 valence electrons. The van der Waals surface area contributed by atoms with Gasteiger partial charge in [-0.1, -0.05) is 31.7 Å². The average Bonchev–Trinajstić information content (AvgIpc) is 3.35. The van der Waals surface area contributed by atoms with Crippen molar-refractivity contribution in [3.8, 4) is 0 Å². The molecule has 0 aliphatic carbocycles. The van der Waals surface area contributed by atoms with Crippen molar-refractivity contribution in [3.63, 3.8) is 0 Å². The molecular weight excluding hydrogens is 460 g/mol. The summed E-state index contributed by atoms with van der Waals surface area (Å²) in [5.41, 5.74) is 4.40. The van der Waals surface area contributed by atoms with Crippen LogP contribution in [0.5, 0.6) is 0 Å². The number of nitrogens with one attached hydrogen (secondary N) is 3. The van der Waals surface area contributed by atoms with Crippen LogP contribution in [0.15, 0.2) is 83.2 Å². The van der Waals surface area contributed by atoms with Gasteiger partial charge in [-0.3, -0.25) is 4.99 Å². The van der Waals surface area contributed by atoms with Gasteiger partial charge in [-0.2, -0.15) is 0 Å². The number of para-hydroxylation sites is 1. The van der Waals surface area contributed by atoms with Gasteiger partial charge in [0.1, 0.15) is 23.2 Å². The van der Waals surface area contributed by atoms with Gasteiger partial charge in [-0.05, 0) is 60.7 Å².